The Labute approximate surface area is 641 Å². The van der Waals surface area contributed by atoms with Gasteiger partial charge in [0.15, 0.2) is 12.2 Å². The Morgan fingerprint density at radius 3 is 0.792 bits per heavy atom. The lowest BCUT2D eigenvalue weighted by atomic mass is 10.1. The highest BCUT2D eigenvalue weighted by atomic mass is 31.2. The molecule has 106 heavy (non-hydrogen) atoms. The maximum atomic E-state index is 13.1. The number of allylic oxidation sites excluding steroid dienone is 29. The van der Waals surface area contributed by atoms with Crippen LogP contribution in [0.25, 0.3) is 0 Å². The molecule has 3 N–H and O–H groups in total. The molecule has 5 unspecified atom stereocenters. The Morgan fingerprint density at radius 1 is 0.274 bits per heavy atom. The van der Waals surface area contributed by atoms with Crippen LogP contribution in [-0.4, -0.2) is 96.7 Å². The second-order valence-electron chi connectivity index (χ2n) is 25.8. The van der Waals surface area contributed by atoms with Gasteiger partial charge in [0.2, 0.25) is 0 Å². The summed E-state index contributed by atoms with van der Waals surface area (Å²) in [6, 6.07) is 0. The molecule has 600 valence electrons. The van der Waals surface area contributed by atoms with E-state index >= 15 is 0 Å². The van der Waals surface area contributed by atoms with Crippen molar-refractivity contribution < 1.29 is 80.2 Å². The fraction of sp³-hybridized carbons (Fsp3) is 0.609. The van der Waals surface area contributed by atoms with E-state index < -0.39 is 97.5 Å². The Hall–Kier alpha value is -5.84. The lowest BCUT2D eigenvalue weighted by Gasteiger charge is -2.21. The topological polar surface area (TPSA) is 237 Å². The number of hydrogen-bond acceptors (Lipinski definition) is 15. The summed E-state index contributed by atoms with van der Waals surface area (Å²) in [5.41, 5.74) is 0. The number of phosphoric acid groups is 2. The van der Waals surface area contributed by atoms with Gasteiger partial charge < -0.3 is 33.8 Å². The van der Waals surface area contributed by atoms with Gasteiger partial charge in [-0.2, -0.15) is 0 Å². The molecule has 0 heterocycles. The molecule has 0 aromatic heterocycles. The molecule has 5 atom stereocenters. The molecule has 0 aliphatic rings. The third kappa shape index (κ3) is 76.4. The van der Waals surface area contributed by atoms with Crippen molar-refractivity contribution in [1.82, 2.24) is 0 Å². The number of aliphatic hydroxyl groups excluding tert-OH is 1. The first kappa shape index (κ1) is 100. The third-order valence-corrected chi connectivity index (χ3v) is 17.8. The van der Waals surface area contributed by atoms with E-state index in [1.165, 1.54) is 0 Å². The van der Waals surface area contributed by atoms with Crippen molar-refractivity contribution in [3.63, 3.8) is 0 Å². The van der Waals surface area contributed by atoms with Crippen LogP contribution in [0.1, 0.15) is 285 Å². The van der Waals surface area contributed by atoms with E-state index in [1.807, 2.05) is 12.2 Å². The fourth-order valence-corrected chi connectivity index (χ4v) is 11.5. The Balaban J connectivity index is 5.47. The van der Waals surface area contributed by atoms with Crippen LogP contribution in [0.5, 0.6) is 0 Å². The van der Waals surface area contributed by atoms with Crippen LogP contribution in [0.2, 0.25) is 0 Å². The number of hydrogen-bond donors (Lipinski definition) is 3. The Morgan fingerprint density at radius 2 is 0.500 bits per heavy atom. The van der Waals surface area contributed by atoms with Gasteiger partial charge in [-0.05, 0) is 154 Å². The molecule has 0 amide bonds. The fourth-order valence-electron chi connectivity index (χ4n) is 9.96. The van der Waals surface area contributed by atoms with Crippen LogP contribution < -0.4 is 0 Å². The molecule has 0 bridgehead atoms. The number of phosphoric ester groups is 2. The minimum Gasteiger partial charge on any atom is -0.462 e. The number of ether oxygens (including phenoxy) is 4. The second kappa shape index (κ2) is 77.3. The summed E-state index contributed by atoms with van der Waals surface area (Å²) < 4.78 is 68.5. The summed E-state index contributed by atoms with van der Waals surface area (Å²) in [5, 5.41) is 10.6. The summed E-state index contributed by atoms with van der Waals surface area (Å²) in [4.78, 5) is 73.0. The maximum Gasteiger partial charge on any atom is 0.472 e. The highest BCUT2D eigenvalue weighted by molar-refractivity contribution is 7.47. The van der Waals surface area contributed by atoms with Crippen molar-refractivity contribution in [1.29, 1.82) is 0 Å². The van der Waals surface area contributed by atoms with E-state index in [0.29, 0.717) is 25.7 Å². The highest BCUT2D eigenvalue weighted by Crippen LogP contribution is 2.45. The van der Waals surface area contributed by atoms with Gasteiger partial charge >= 0.3 is 39.5 Å². The van der Waals surface area contributed by atoms with E-state index in [-0.39, 0.29) is 25.7 Å². The Kier molecular flexibility index (Phi) is 73.1. The molecule has 0 aromatic carbocycles. The monoisotopic (exact) mass is 1520 g/mol. The number of carbonyl (C=O) groups excluding carboxylic acids is 4. The van der Waals surface area contributed by atoms with Gasteiger partial charge in [0.25, 0.3) is 0 Å². The molecule has 0 spiro atoms. The van der Waals surface area contributed by atoms with Crippen molar-refractivity contribution in [2.45, 2.75) is 303 Å². The zero-order valence-corrected chi connectivity index (χ0v) is 67.3. The minimum atomic E-state index is -5.01. The van der Waals surface area contributed by atoms with Crippen LogP contribution in [0.4, 0.5) is 0 Å². The average Bonchev–Trinajstić information content (AvgIpc) is 0.902. The predicted octanol–water partition coefficient (Wildman–Crippen LogP) is 23.6. The van der Waals surface area contributed by atoms with Gasteiger partial charge in [0.1, 0.15) is 19.3 Å². The average molecular weight is 1520 g/mol. The number of aliphatic hydroxyl groups is 1. The van der Waals surface area contributed by atoms with Gasteiger partial charge in [-0.25, -0.2) is 9.13 Å². The van der Waals surface area contributed by atoms with Crippen molar-refractivity contribution in [2.24, 2.45) is 0 Å². The predicted molar refractivity (Wildman–Crippen MR) is 436 cm³/mol. The summed E-state index contributed by atoms with van der Waals surface area (Å²) in [6.45, 7) is 4.25. The SMILES string of the molecule is CC/C=C\C/C=C\C/C=C\C/C=C\C/C=C\CC(=O)OC(COC(=O)CCCCCCCCC/C=C\C/C=C\C/C=C\CC)COP(=O)(O)OCC(O)COP(=O)(O)OCC(COC(=O)CCCCCCCC/C=C\C/C=C\C/C=C\C/C=C\CC)OC(=O)CCCCCCC/C=C\C/C=C\C/C=C\CC. The minimum absolute atomic E-state index is 0.0628. The quantitative estimate of drug-likeness (QED) is 0.0169. The molecule has 0 radical (unpaired) electrons. The van der Waals surface area contributed by atoms with E-state index in [2.05, 4.69) is 186 Å². The number of esters is 4. The molecule has 0 aliphatic heterocycles. The van der Waals surface area contributed by atoms with Crippen LogP contribution >= 0.6 is 15.6 Å². The maximum absolute atomic E-state index is 13.1. The first-order valence-corrected chi connectivity index (χ1v) is 43.0. The summed E-state index contributed by atoms with van der Waals surface area (Å²) in [5.74, 6) is -2.38. The second-order valence-corrected chi connectivity index (χ2v) is 28.8. The molecular weight excluding hydrogens is 1380 g/mol. The molecule has 19 heteroatoms. The first-order chi connectivity index (χ1) is 51.7. The number of unbranched alkanes of at least 4 members (excludes halogenated alkanes) is 18. The van der Waals surface area contributed by atoms with Crippen molar-refractivity contribution in [2.75, 3.05) is 39.6 Å². The number of rotatable bonds is 73. The van der Waals surface area contributed by atoms with Gasteiger partial charge in [-0.1, -0.05) is 287 Å². The summed E-state index contributed by atoms with van der Waals surface area (Å²) in [6.07, 6.45) is 93.3. The molecular formula is C87H140O17P2. The standard InChI is InChI=1S/C87H140O17P2/c1-5-9-13-17-21-25-29-33-37-39-40-42-46-48-52-56-60-64-68-72-85(90)98-78-83(104-87(92)74-70-66-62-58-54-50-44-36-32-28-24-20-16-12-8-4)80-102-106(95,96)100-76-81(88)75-99-105(93,94)101-79-82(103-86(91)73-69-65-61-57-53-49-43-35-31-27-23-19-15-11-7-3)77-97-84(89)71-67-63-59-55-51-47-45-41-38-34-30-26-22-18-14-10-6-2/h9-16,21-28,33-38,40,42-44,53,57,65,69,81-83,88H,5-8,17-20,29-32,39,41,45-52,54-56,58-64,66-68,70-80H2,1-4H3,(H,93,94)(H,95,96)/b13-9-,14-10-,15-11-,16-12-,25-21-,26-22-,27-23-,28-24-,37-33-,38-34-,42-40-,43-35-,44-36-,57-53-,69-65-. The van der Waals surface area contributed by atoms with E-state index in [1.54, 1.807) is 12.2 Å². The van der Waals surface area contributed by atoms with Crippen molar-refractivity contribution >= 4 is 39.5 Å². The van der Waals surface area contributed by atoms with Crippen molar-refractivity contribution in [3.8, 4) is 0 Å². The van der Waals surface area contributed by atoms with Crippen molar-refractivity contribution in [3.05, 3.63) is 182 Å². The number of carbonyl (C=O) groups is 4. The highest BCUT2D eigenvalue weighted by Gasteiger charge is 2.30. The zero-order chi connectivity index (χ0) is 77.4. The molecule has 0 aliphatic carbocycles. The smallest absolute Gasteiger partial charge is 0.462 e. The van der Waals surface area contributed by atoms with Crippen LogP contribution in [-0.2, 0) is 65.4 Å². The van der Waals surface area contributed by atoms with E-state index in [4.69, 9.17) is 37.0 Å². The molecule has 0 saturated carbocycles. The third-order valence-electron chi connectivity index (χ3n) is 15.9. The molecule has 0 saturated heterocycles. The summed E-state index contributed by atoms with van der Waals surface area (Å²) in [7, 11) is -10.0. The molecule has 0 rings (SSSR count). The first-order valence-electron chi connectivity index (χ1n) is 40.0. The van der Waals surface area contributed by atoms with E-state index in [9.17, 15) is 43.2 Å². The normalized spacial score (nSPS) is 14.8. The summed E-state index contributed by atoms with van der Waals surface area (Å²) >= 11 is 0. The van der Waals surface area contributed by atoms with Gasteiger partial charge in [0, 0.05) is 19.3 Å². The van der Waals surface area contributed by atoms with Gasteiger partial charge in [-0.3, -0.25) is 37.3 Å². The zero-order valence-electron chi connectivity index (χ0n) is 65.5. The van der Waals surface area contributed by atoms with E-state index in [0.717, 1.165) is 205 Å². The molecule has 17 nitrogen and oxygen atoms in total. The van der Waals surface area contributed by atoms with Crippen LogP contribution in [0.15, 0.2) is 182 Å². The van der Waals surface area contributed by atoms with Crippen LogP contribution in [0.3, 0.4) is 0 Å². The van der Waals surface area contributed by atoms with Gasteiger partial charge in [0.05, 0.1) is 32.8 Å². The Bertz CT molecular complexity index is 2730. The van der Waals surface area contributed by atoms with Gasteiger partial charge in [-0.15, -0.1) is 0 Å². The molecule has 0 fully saturated rings. The van der Waals surface area contributed by atoms with Crippen LogP contribution in [0, 0.1) is 0 Å². The largest absolute Gasteiger partial charge is 0.472 e. The lowest BCUT2D eigenvalue weighted by Crippen LogP contribution is -2.30. The lowest BCUT2D eigenvalue weighted by molar-refractivity contribution is -0.161. The molecule has 0 aromatic rings.